The first-order valence-electron chi connectivity index (χ1n) is 20.1. The third-order valence-electron chi connectivity index (χ3n) is 12.4. The van der Waals surface area contributed by atoms with E-state index in [0.717, 1.165) is 11.1 Å². The molecule has 0 aliphatic carbocycles. The zero-order valence-electron chi connectivity index (χ0n) is 34.1. The summed E-state index contributed by atoms with van der Waals surface area (Å²) in [4.78, 5) is 10.2. The molecule has 0 saturated heterocycles. The van der Waals surface area contributed by atoms with Crippen molar-refractivity contribution in [1.29, 1.82) is 0 Å². The average Bonchev–Trinajstić information content (AvgIpc) is 3.95. The standard InChI is InChI=1S/C45H48F6N2O6S2/c1-5-42(6-2,60(54,55)44(46,47)48)35-23-19-31(20-24-35)27-41(39-52-37(29-58-39)33-15-11-9-12-16-33,40-53-38(30-59-40)34-17-13-10-14-18-34)28-32-21-25-36(26-22-32)43(7-3,8-4)61(56,57)45(49,50)51/h9-26,37-38H,5-8,27-30H2,1-4H3/t37-,38-/m0/s1. The highest BCUT2D eigenvalue weighted by atomic mass is 32.2. The lowest BCUT2D eigenvalue weighted by molar-refractivity contribution is -0.0469. The van der Waals surface area contributed by atoms with Crippen molar-refractivity contribution in [1.82, 2.24) is 0 Å². The van der Waals surface area contributed by atoms with Crippen molar-refractivity contribution in [2.75, 3.05) is 13.2 Å². The lowest BCUT2D eigenvalue weighted by atomic mass is 9.75. The normalized spacial score (nSPS) is 18.0. The molecule has 6 rings (SSSR count). The van der Waals surface area contributed by atoms with Gasteiger partial charge in [0.2, 0.25) is 11.8 Å². The van der Waals surface area contributed by atoms with Gasteiger partial charge in [0.05, 0.1) is 0 Å². The zero-order chi connectivity index (χ0) is 44.5. The number of ether oxygens (including phenoxy) is 2. The van der Waals surface area contributed by atoms with Crippen molar-refractivity contribution >= 4 is 31.5 Å². The molecule has 0 fully saturated rings. The summed E-state index contributed by atoms with van der Waals surface area (Å²) < 4.78 is 145. The van der Waals surface area contributed by atoms with E-state index in [-0.39, 0.29) is 74.7 Å². The topological polar surface area (TPSA) is 111 Å². The number of aliphatic imine (C=N–C) groups is 2. The van der Waals surface area contributed by atoms with E-state index in [1.807, 2.05) is 60.7 Å². The minimum Gasteiger partial charge on any atom is -0.478 e. The first-order chi connectivity index (χ1) is 28.8. The van der Waals surface area contributed by atoms with Crippen molar-refractivity contribution in [3.05, 3.63) is 143 Å². The molecule has 0 aromatic heterocycles. The molecule has 2 heterocycles. The van der Waals surface area contributed by atoms with E-state index >= 15 is 0 Å². The molecule has 0 unspecified atom stereocenters. The van der Waals surface area contributed by atoms with Gasteiger partial charge in [-0.2, -0.15) is 26.3 Å². The molecule has 4 aromatic rings. The molecule has 2 aliphatic rings. The Bertz CT molecular complexity index is 2260. The molecule has 8 nitrogen and oxygen atoms in total. The van der Waals surface area contributed by atoms with E-state index in [4.69, 9.17) is 19.5 Å². The SMILES string of the molecule is CCC(CC)(c1ccc(CC(Cc2ccc(C(CC)(CC)S(=O)(=O)C(F)(F)F)cc2)(C2=N[C@H](c3ccccc3)CO2)C2=N[C@H](c3ccccc3)CO2)cc1)S(=O)(=O)C(F)(F)F. The van der Waals surface area contributed by atoms with Gasteiger partial charge in [-0.3, -0.25) is 0 Å². The summed E-state index contributed by atoms with van der Waals surface area (Å²) in [7, 11) is -11.3. The van der Waals surface area contributed by atoms with E-state index in [1.54, 1.807) is 24.3 Å². The van der Waals surface area contributed by atoms with Crippen LogP contribution in [0, 0.1) is 5.41 Å². The van der Waals surface area contributed by atoms with Crippen LogP contribution in [0.15, 0.2) is 119 Å². The Kier molecular flexibility index (Phi) is 12.9. The molecular weight excluding hydrogens is 843 g/mol. The van der Waals surface area contributed by atoms with Crippen LogP contribution in [0.2, 0.25) is 0 Å². The summed E-state index contributed by atoms with van der Waals surface area (Å²) in [6, 6.07) is 29.7. The zero-order valence-corrected chi connectivity index (χ0v) is 35.8. The maximum Gasteiger partial charge on any atom is 0.498 e. The Morgan fingerprint density at radius 2 is 0.820 bits per heavy atom. The maximum absolute atomic E-state index is 14.1. The average molecular weight is 891 g/mol. The van der Waals surface area contributed by atoms with Crippen LogP contribution in [0.25, 0.3) is 0 Å². The van der Waals surface area contributed by atoms with Crippen LogP contribution < -0.4 is 0 Å². The van der Waals surface area contributed by atoms with Crippen LogP contribution in [-0.4, -0.2) is 52.9 Å². The van der Waals surface area contributed by atoms with Crippen molar-refractivity contribution in [2.24, 2.45) is 15.4 Å². The number of rotatable bonds is 16. The summed E-state index contributed by atoms with van der Waals surface area (Å²) in [6.07, 6.45) is -1.26. The number of benzene rings is 4. The number of hydrogen-bond donors (Lipinski definition) is 0. The highest BCUT2D eigenvalue weighted by Gasteiger charge is 2.60. The second-order valence-corrected chi connectivity index (χ2v) is 20.0. The van der Waals surface area contributed by atoms with Crippen LogP contribution in [-0.2, 0) is 51.5 Å². The van der Waals surface area contributed by atoms with Gasteiger partial charge in [-0.15, -0.1) is 0 Å². The highest BCUT2D eigenvalue weighted by Crippen LogP contribution is 2.48. The van der Waals surface area contributed by atoms with Crippen LogP contribution in [0.5, 0.6) is 0 Å². The minimum absolute atomic E-state index is 0.0268. The van der Waals surface area contributed by atoms with E-state index in [1.165, 1.54) is 52.0 Å². The Hall–Kier alpha value is -4.70. The second kappa shape index (κ2) is 17.2. The summed E-state index contributed by atoms with van der Waals surface area (Å²) >= 11 is 0. The molecule has 16 heteroatoms. The van der Waals surface area contributed by atoms with Gasteiger partial charge in [-0.25, -0.2) is 26.8 Å². The molecule has 0 spiro atoms. The lowest BCUT2D eigenvalue weighted by Crippen LogP contribution is -2.44. The molecule has 0 radical (unpaired) electrons. The van der Waals surface area contributed by atoms with Crippen LogP contribution in [0.3, 0.4) is 0 Å². The third kappa shape index (κ3) is 8.10. The van der Waals surface area contributed by atoms with Gasteiger partial charge in [0.25, 0.3) is 19.7 Å². The molecule has 2 atom stereocenters. The first kappa shape index (κ1) is 45.8. The van der Waals surface area contributed by atoms with Crippen LogP contribution >= 0.6 is 0 Å². The molecule has 0 N–H and O–H groups in total. The van der Waals surface area contributed by atoms with E-state index in [9.17, 15) is 43.2 Å². The van der Waals surface area contributed by atoms with Crippen molar-refractivity contribution in [3.8, 4) is 0 Å². The summed E-state index contributed by atoms with van der Waals surface area (Å²) in [5.74, 6) is 0.461. The number of sulfone groups is 2. The number of hydrogen-bond acceptors (Lipinski definition) is 8. The Morgan fingerprint density at radius 3 is 1.10 bits per heavy atom. The van der Waals surface area contributed by atoms with Gasteiger partial charge in [-0.05, 0) is 71.9 Å². The first-order valence-corrected chi connectivity index (χ1v) is 23.0. The van der Waals surface area contributed by atoms with Gasteiger partial charge >= 0.3 is 11.0 Å². The summed E-state index contributed by atoms with van der Waals surface area (Å²) in [5, 5.41) is 0. The molecule has 0 bridgehead atoms. The van der Waals surface area contributed by atoms with Gasteiger partial charge in [0, 0.05) is 0 Å². The number of nitrogens with zero attached hydrogens (tertiary/aromatic N) is 2. The predicted octanol–water partition coefficient (Wildman–Crippen LogP) is 10.7. The molecule has 4 aromatic carbocycles. The number of alkyl halides is 6. The fraction of sp³-hybridized carbons (Fsp3) is 0.422. The maximum atomic E-state index is 14.1. The molecule has 0 amide bonds. The van der Waals surface area contributed by atoms with Crippen molar-refractivity contribution < 1.29 is 52.7 Å². The summed E-state index contributed by atoms with van der Waals surface area (Å²) in [6.45, 7) is 5.89. The fourth-order valence-corrected chi connectivity index (χ4v) is 12.1. The van der Waals surface area contributed by atoms with Gasteiger partial charge < -0.3 is 9.47 Å². The Morgan fingerprint density at radius 1 is 0.508 bits per heavy atom. The molecule has 0 saturated carbocycles. The fourth-order valence-electron chi connectivity index (χ4n) is 8.80. The van der Waals surface area contributed by atoms with Gasteiger partial charge in [-0.1, -0.05) is 137 Å². The molecule has 2 aliphatic heterocycles. The lowest BCUT2D eigenvalue weighted by Gasteiger charge is -2.34. The second-order valence-electron chi connectivity index (χ2n) is 15.5. The van der Waals surface area contributed by atoms with E-state index in [0.29, 0.717) is 11.1 Å². The van der Waals surface area contributed by atoms with Crippen LogP contribution in [0.1, 0.15) is 98.8 Å². The molecule has 61 heavy (non-hydrogen) atoms. The van der Waals surface area contributed by atoms with Crippen molar-refractivity contribution in [3.63, 3.8) is 0 Å². The third-order valence-corrected chi connectivity index (χ3v) is 17.3. The monoisotopic (exact) mass is 890 g/mol. The smallest absolute Gasteiger partial charge is 0.478 e. The molecular formula is C45H48F6N2O6S2. The quantitative estimate of drug-likeness (QED) is 0.104. The largest absolute Gasteiger partial charge is 0.498 e. The number of halogens is 6. The summed E-state index contributed by atoms with van der Waals surface area (Å²) in [5.41, 5.74) is -9.60. The minimum atomic E-state index is -5.65. The Labute approximate surface area is 353 Å². The Balaban J connectivity index is 1.52. The van der Waals surface area contributed by atoms with Crippen molar-refractivity contribution in [2.45, 2.75) is 98.8 Å². The van der Waals surface area contributed by atoms with Gasteiger partial charge in [0.1, 0.15) is 40.2 Å². The molecule has 328 valence electrons. The van der Waals surface area contributed by atoms with E-state index in [2.05, 4.69) is 0 Å². The highest BCUT2D eigenvalue weighted by molar-refractivity contribution is 7.93. The van der Waals surface area contributed by atoms with Crippen LogP contribution in [0.4, 0.5) is 26.3 Å². The van der Waals surface area contributed by atoms with Gasteiger partial charge in [0.15, 0.2) is 0 Å². The predicted molar refractivity (Wildman–Crippen MR) is 222 cm³/mol. The van der Waals surface area contributed by atoms with E-state index < -0.39 is 57.7 Å².